The van der Waals surface area contributed by atoms with Crippen molar-refractivity contribution in [2.75, 3.05) is 0 Å². The Morgan fingerprint density at radius 1 is 0.115 bits per heavy atom. The molecular weight excluding hydrogens is 4020 g/mol. The normalized spacial score (nSPS) is 4.04. The van der Waals surface area contributed by atoms with Crippen molar-refractivity contribution in [1.29, 1.82) is 0 Å². The van der Waals surface area contributed by atoms with Gasteiger partial charge in [-0.3, -0.25) is 61.2 Å². The van der Waals surface area contributed by atoms with Gasteiger partial charge in [-0.05, 0) is 72.8 Å². The van der Waals surface area contributed by atoms with E-state index >= 15 is 0 Å². The molecule has 112 heteroatoms. The molecule has 12 N–H and O–H groups in total. The van der Waals surface area contributed by atoms with Crippen molar-refractivity contribution in [2.24, 2.45) is 0 Å². The number of nitrogens with one attached hydrogen (secondary N) is 12. The Bertz CT molecular complexity index is 1840. The van der Waals surface area contributed by atoms with Crippen LogP contribution in [0.1, 0.15) is 0 Å². The fourth-order valence-corrected chi connectivity index (χ4v) is 2.58. The maximum atomic E-state index is 8.61. The maximum Gasteiger partial charge on any atom is 2.00 e. The molecule has 970 valence electrons. The molecule has 0 unspecified atom stereocenters. The summed E-state index contributed by atoms with van der Waals surface area (Å²) in [5, 5.41) is 74.5. The molecule has 0 aliphatic rings. The molecule has 0 aliphatic heterocycles. The van der Waals surface area contributed by atoms with Crippen LogP contribution in [0.2, 0.25) is 0 Å². The zero-order valence-corrected chi connectivity index (χ0v) is 113. The smallest absolute Gasteiger partial charge is 2.00 e. The zero-order valence-electron chi connectivity index (χ0n) is 67.5. The van der Waals surface area contributed by atoms with E-state index in [4.69, 9.17) is 32.1 Å². The van der Waals surface area contributed by atoms with E-state index in [1.54, 1.807) is 149 Å². The molecule has 12 aromatic heterocycles. The van der Waals surface area contributed by atoms with Crippen molar-refractivity contribution in [1.82, 2.24) is 122 Å². The molecule has 12 heterocycles. The predicted octanol–water partition coefficient (Wildman–Crippen LogP) is -9.69. The van der Waals surface area contributed by atoms with Crippen molar-refractivity contribution < 1.29 is 809 Å². The van der Waals surface area contributed by atoms with Crippen LogP contribution in [0.3, 0.4) is 0 Å². The summed E-state index contributed by atoms with van der Waals surface area (Å²) in [5.74, 6) is 0. The molecule has 12 aromatic rings. The van der Waals surface area contributed by atoms with Gasteiger partial charge in [-0.25, -0.2) is 0 Å². The van der Waals surface area contributed by atoms with E-state index in [1.165, 1.54) is 0 Å². The molecule has 0 saturated carbocycles. The van der Waals surface area contributed by atoms with E-state index in [-0.39, 0.29) is 777 Å². The fraction of sp³-hybridized carbons (Fsp3) is 0. The van der Waals surface area contributed by atoms with Crippen LogP contribution in [-0.4, -0.2) is 151 Å². The third kappa shape index (κ3) is 810. The van der Waals surface area contributed by atoms with Gasteiger partial charge in [0.1, 0.15) is 0 Å². The second kappa shape index (κ2) is 587. The Morgan fingerprint density at radius 3 is 0.155 bits per heavy atom. The van der Waals surface area contributed by atoms with Crippen LogP contribution in [0, 0.1) is 0 Å². The van der Waals surface area contributed by atoms with E-state index in [1.807, 2.05) is 72.8 Å². The summed E-state index contributed by atoms with van der Waals surface area (Å²) in [5.41, 5.74) is 0. The maximum absolute atomic E-state index is 8.61. The summed E-state index contributed by atoms with van der Waals surface area (Å²) in [6.45, 7) is 0. The predicted molar refractivity (Wildman–Crippen MR) is 273 cm³/mol. The quantitative estimate of drug-likeness (QED) is 0.0627. The third-order valence-electron chi connectivity index (χ3n) is 4.87. The van der Waals surface area contributed by atoms with E-state index in [0.29, 0.717) is 0 Å². The van der Waals surface area contributed by atoms with Gasteiger partial charge in [0, 0.05) is 528 Å². The second-order valence-corrected chi connectivity index (χ2v) is 13.8. The molecule has 0 aliphatic carbocycles. The van der Waals surface area contributed by atoms with E-state index in [9.17, 15) is 0 Å². The summed E-state index contributed by atoms with van der Waals surface area (Å²) in [7, 11) is 0. The molecule has 0 saturated heterocycles. The Morgan fingerprint density at radius 2 is 0.149 bits per heavy atom. The van der Waals surface area contributed by atoms with Gasteiger partial charge in [0.05, 0.1) is 0 Å². The summed E-state index contributed by atoms with van der Waals surface area (Å²) in [6.07, 6.45) is 41.5. The molecular formula is C36H48As2Cu6Mo18N24O62-102. The average molecular weight is 4070 g/mol. The molecule has 0 atom stereocenters. The monoisotopic (exact) mass is 4100 g/mol. The number of hydrogen-bond acceptors (Lipinski definition) is 20. The van der Waals surface area contributed by atoms with Gasteiger partial charge < -0.3 is 296 Å². The molecule has 0 aromatic carbocycles. The van der Waals surface area contributed by atoms with Crippen LogP contribution >= 0.6 is 0 Å². The SMILES string of the molecule is O=[As]([O-])([O-])[O-].O=[As]([O-])([O-])[O-].[Cu+2].[Cu+2].[Cu+2].[Cu+2].[Cu+2].[Cu+2].[Mo].[Mo].[Mo].[Mo].[Mo].[Mo].[Mo].[Mo].[Mo].[Mo].[Mo].[Mo].[Mo].[Mo].[Mo].[Mo].[Mo].[Mo].[O-2].[O-2].[O-2].[O-2].[O-2].[O-2].[O-2].[O-2].[O-2].[O-2].[O-2].[O-2].[O-2].[O-2].[O-2].[O-2].[O-2].[O-2].[O-2].[O-2].[O-2].[O-2].[O-2].[O-2].[O-2].[O-2].[O-2].[O-2].[O-2].[O-2].[O-2].[O-2].[O-2].[O-2].[O-2].[O-2].[O-2].[O-2].[O-2].[O-2].[O-2].[O-2].[O-2].[O-2].[O-2].[O-2].[O-2].[O-2].[O-2].[O-2].[O-2].[O-2].[O-2].[O-2].c1cn[nH]c1.c1cn[nH]c1.c1cn[nH]c1.c1cn[nH]c1.c1cn[nH]c1.c1cn[nH]c1.c1cn[nH]c1.c1cn[nH]c1.c1cn[nH]c1.c1cn[nH]c1.c1cn[nH]c1.c1cn[nH]c1. The minimum absolute atomic E-state index is 0. The first-order chi connectivity index (χ1) is 34.0. The van der Waals surface area contributed by atoms with Gasteiger partial charge >= 0.3 is 163 Å². The van der Waals surface area contributed by atoms with Gasteiger partial charge in [0.25, 0.3) is 0 Å². The van der Waals surface area contributed by atoms with Crippen molar-refractivity contribution in [3.63, 3.8) is 0 Å². The molecule has 0 fully saturated rings. The van der Waals surface area contributed by atoms with Crippen LogP contribution in [0.25, 0.3) is 0 Å². The van der Waals surface area contributed by atoms with Crippen LogP contribution in [0.5, 0.6) is 0 Å². The Balaban J connectivity index is -0.00000000415. The molecule has 12 rings (SSSR count). The van der Waals surface area contributed by atoms with Crippen molar-refractivity contribution in [3.8, 4) is 0 Å². The largest absolute Gasteiger partial charge is 2.00 e. The second-order valence-electron chi connectivity index (χ2n) is 10.1. The van der Waals surface area contributed by atoms with Crippen LogP contribution < -0.4 is 24.6 Å². The molecule has 148 heavy (non-hydrogen) atoms. The van der Waals surface area contributed by atoms with E-state index < -0.39 is 29.0 Å². The Labute approximate surface area is 1170 Å². The van der Waals surface area contributed by atoms with Gasteiger partial charge in [0.15, 0.2) is 0 Å². The average Bonchev–Trinajstić information content (AvgIpc) is 4.22. The van der Waals surface area contributed by atoms with Gasteiger partial charge in [-0.2, -0.15) is 61.2 Å². The van der Waals surface area contributed by atoms with Crippen LogP contribution in [0.4, 0.5) is 0 Å². The number of aromatic nitrogens is 24. The number of H-pyrrole nitrogens is 12. The number of nitrogens with zero attached hydrogens (tertiary/aromatic N) is 12. The van der Waals surface area contributed by atoms with Gasteiger partial charge in [-0.1, -0.05) is 0 Å². The first kappa shape index (κ1) is 667. The van der Waals surface area contributed by atoms with Crippen molar-refractivity contribution in [2.45, 2.75) is 0 Å². The molecule has 6 radical (unpaired) electrons. The number of aromatic amines is 12. The minimum Gasteiger partial charge on any atom is -2.00 e. The summed E-state index contributed by atoms with van der Waals surface area (Å²) < 4.78 is 68.9. The molecule has 86 nitrogen and oxygen atoms in total. The first-order valence-electron chi connectivity index (χ1n) is 18.7. The number of hydrogen-bond donors (Lipinski definition) is 12. The van der Waals surface area contributed by atoms with Crippen molar-refractivity contribution in [3.05, 3.63) is 222 Å². The zero-order chi connectivity index (χ0) is 51.4. The number of rotatable bonds is 0. The fourth-order valence-electron chi connectivity index (χ4n) is 2.58. The molecule has 0 amide bonds. The Hall–Kier alpha value is 4.34. The van der Waals surface area contributed by atoms with Gasteiger partial charge in [-0.15, -0.1) is 0 Å². The topological polar surface area (TPSA) is 2060 Å². The van der Waals surface area contributed by atoms with E-state index in [0.717, 1.165) is 0 Å². The molecule has 0 spiro atoms. The first-order valence-corrected chi connectivity index (χ1v) is 24.8. The summed E-state index contributed by atoms with van der Waals surface area (Å²) in [4.78, 5) is 0. The van der Waals surface area contributed by atoms with E-state index in [2.05, 4.69) is 122 Å². The minimum atomic E-state index is -5.88. The summed E-state index contributed by atoms with van der Waals surface area (Å²) >= 11 is -11.8. The van der Waals surface area contributed by atoms with Gasteiger partial charge in [0.2, 0.25) is 0 Å². The van der Waals surface area contributed by atoms with Crippen LogP contribution in [0.15, 0.2) is 222 Å². The summed E-state index contributed by atoms with van der Waals surface area (Å²) in [6, 6.07) is 22.0. The standard InChI is InChI=1S/12C3H4N2.2AsH3O4.6Cu.18Mo.54O/c12*1-2-4-5-3-1;2*2-1(3,4)5;;;;;;;;;;;;;;;;;;;;;;;;;;;;;;;;;;;;;;;;;;;;;;;;;;;;;;;;;;;;;;;;;;;;;;;;;;;;;;/h12*1-3H,(H,4,5);2*(H3,2,3,4,5);;;;;;;;;;;;;;;;;;;;;;;;;;;;;;;;;;;;;;;;;;;;;;;;;;;;;;;;;;;;;;;;;;;;;;;;;;;;;;/q;;;;;;;;;;;;;;6*+2;;;;;;;;;;;;;;;;;;;54*-2/p-6. The van der Waals surface area contributed by atoms with Crippen LogP contribution in [-0.2, 0) is 785 Å². The molecule has 0 bridgehead atoms. The third-order valence-corrected chi connectivity index (χ3v) is 4.87. The Kier molecular flexibility index (Phi) is 2640. The van der Waals surface area contributed by atoms with Crippen molar-refractivity contribution >= 4 is 29.0 Å².